The summed E-state index contributed by atoms with van der Waals surface area (Å²) < 4.78 is 0. The van der Waals surface area contributed by atoms with Crippen LogP contribution < -0.4 is 4.90 Å². The molecule has 7 aromatic rings. The fraction of sp³-hybridized carbons (Fsp3) is 0.218. The van der Waals surface area contributed by atoms with Crippen LogP contribution in [0, 0.1) is 0 Å². The monoisotopic (exact) mass is 739 g/mol. The van der Waals surface area contributed by atoms with Crippen LogP contribution in [0.25, 0.3) is 22.3 Å². The van der Waals surface area contributed by atoms with Crippen molar-refractivity contribution in [2.45, 2.75) is 77.0 Å². The van der Waals surface area contributed by atoms with Crippen LogP contribution in [-0.4, -0.2) is 5.78 Å². The van der Waals surface area contributed by atoms with Crippen LogP contribution in [0.2, 0.25) is 0 Å². The Morgan fingerprint density at radius 2 is 0.807 bits per heavy atom. The molecule has 0 heterocycles. The number of fused-ring (bicyclic) bond motifs is 12. The number of hydrogen-bond donors (Lipinski definition) is 0. The van der Waals surface area contributed by atoms with Crippen LogP contribution >= 0.6 is 0 Å². The van der Waals surface area contributed by atoms with Gasteiger partial charge in [-0.2, -0.15) is 0 Å². The molecule has 2 nitrogen and oxygen atoms in total. The normalized spacial score (nSPS) is 17.0. The van der Waals surface area contributed by atoms with Gasteiger partial charge in [0.15, 0.2) is 5.78 Å². The minimum absolute atomic E-state index is 0.0462. The van der Waals surface area contributed by atoms with Crippen molar-refractivity contribution >= 4 is 22.8 Å². The lowest BCUT2D eigenvalue weighted by atomic mass is 9.65. The maximum absolute atomic E-state index is 14.6. The molecule has 3 aliphatic rings. The third-order valence-electron chi connectivity index (χ3n) is 13.2. The topological polar surface area (TPSA) is 20.3 Å². The van der Waals surface area contributed by atoms with E-state index in [4.69, 9.17) is 0 Å². The first-order valence-corrected chi connectivity index (χ1v) is 20.4. The molecule has 0 aromatic heterocycles. The zero-order valence-electron chi connectivity index (χ0n) is 34.3. The Labute approximate surface area is 337 Å². The van der Waals surface area contributed by atoms with Crippen LogP contribution in [0.3, 0.4) is 0 Å². The van der Waals surface area contributed by atoms with E-state index in [1.165, 1.54) is 55.6 Å². The van der Waals surface area contributed by atoms with E-state index >= 15 is 0 Å². The van der Waals surface area contributed by atoms with Gasteiger partial charge in [-0.25, -0.2) is 0 Å². The SMILES string of the molecule is CC(C)(C)c1ccc(N(c2ccc(C(C)(C)C)cc2)c2ccc3c(c2)C2(c4ccccc4-3)c3ccccc3-c3cc4c(cc32)C(=O)c2ccccc2C4(C)C)cc1. The molecule has 0 saturated heterocycles. The van der Waals surface area contributed by atoms with Gasteiger partial charge in [-0.05, 0) is 126 Å². The first-order valence-electron chi connectivity index (χ1n) is 20.4. The molecule has 57 heavy (non-hydrogen) atoms. The van der Waals surface area contributed by atoms with E-state index in [1.807, 2.05) is 12.1 Å². The van der Waals surface area contributed by atoms with Crippen molar-refractivity contribution < 1.29 is 4.79 Å². The van der Waals surface area contributed by atoms with E-state index in [2.05, 4.69) is 200 Å². The predicted molar refractivity (Wildman–Crippen MR) is 237 cm³/mol. The van der Waals surface area contributed by atoms with Gasteiger partial charge in [-0.1, -0.05) is 159 Å². The highest BCUT2D eigenvalue weighted by molar-refractivity contribution is 6.14. The van der Waals surface area contributed by atoms with E-state index in [-0.39, 0.29) is 22.0 Å². The van der Waals surface area contributed by atoms with Gasteiger partial charge < -0.3 is 4.90 Å². The summed E-state index contributed by atoms with van der Waals surface area (Å²) in [5.74, 6) is 0.109. The third-order valence-corrected chi connectivity index (χ3v) is 13.2. The minimum atomic E-state index is -0.609. The summed E-state index contributed by atoms with van der Waals surface area (Å²) >= 11 is 0. The van der Waals surface area contributed by atoms with E-state index in [0.29, 0.717) is 0 Å². The number of hydrogen-bond acceptors (Lipinski definition) is 2. The van der Waals surface area contributed by atoms with Crippen molar-refractivity contribution in [2.24, 2.45) is 0 Å². The van der Waals surface area contributed by atoms with Gasteiger partial charge in [-0.3, -0.25) is 4.79 Å². The summed E-state index contributed by atoms with van der Waals surface area (Å²) in [4.78, 5) is 17.0. The zero-order valence-corrected chi connectivity index (χ0v) is 34.3. The van der Waals surface area contributed by atoms with Crippen molar-refractivity contribution in [3.63, 3.8) is 0 Å². The third kappa shape index (κ3) is 4.99. The summed E-state index contributed by atoms with van der Waals surface area (Å²) in [6.07, 6.45) is 0. The van der Waals surface area contributed by atoms with Crippen LogP contribution in [0.4, 0.5) is 17.1 Å². The molecule has 7 aromatic carbocycles. The molecule has 10 rings (SSSR count). The van der Waals surface area contributed by atoms with E-state index in [9.17, 15) is 4.79 Å². The number of benzene rings is 7. The van der Waals surface area contributed by atoms with Gasteiger partial charge in [0.1, 0.15) is 0 Å². The van der Waals surface area contributed by atoms with Crippen LogP contribution in [-0.2, 0) is 21.7 Å². The van der Waals surface area contributed by atoms with Crippen LogP contribution in [0.5, 0.6) is 0 Å². The van der Waals surface area contributed by atoms with Gasteiger partial charge in [0, 0.05) is 33.6 Å². The smallest absolute Gasteiger partial charge is 0.193 e. The first-order chi connectivity index (χ1) is 27.2. The molecule has 0 saturated carbocycles. The largest absolute Gasteiger partial charge is 0.310 e. The highest BCUT2D eigenvalue weighted by atomic mass is 16.1. The predicted octanol–water partition coefficient (Wildman–Crippen LogP) is 14.0. The molecular formula is C55H49NO. The van der Waals surface area contributed by atoms with Crippen LogP contribution in [0.15, 0.2) is 152 Å². The lowest BCUT2D eigenvalue weighted by Crippen LogP contribution is -2.32. The summed E-state index contributed by atoms with van der Waals surface area (Å²) in [6, 6.07) is 56.0. The molecule has 0 radical (unpaired) electrons. The van der Waals surface area contributed by atoms with Gasteiger partial charge >= 0.3 is 0 Å². The van der Waals surface area contributed by atoms with E-state index in [1.54, 1.807) is 0 Å². The molecule has 0 aliphatic heterocycles. The highest BCUT2D eigenvalue weighted by Gasteiger charge is 2.53. The Bertz CT molecular complexity index is 2730. The standard InChI is InChI=1S/C55H49NO/c1-52(2,3)34-21-25-36(26-22-34)56(37-27-23-35(24-28-37)53(4,5)6)38-29-30-41-39-15-9-13-19-46(39)55(49(41)31-38)47-20-14-10-16-40(47)43-32-48-44(33-50(43)55)51(57)42-17-11-12-18-45(42)54(48,7)8/h9-33H,1-8H3. The first kappa shape index (κ1) is 35.4. The second-order valence-corrected chi connectivity index (χ2v) is 18.9. The molecule has 1 atom stereocenters. The van der Waals surface area contributed by atoms with Gasteiger partial charge in [0.25, 0.3) is 0 Å². The lowest BCUT2D eigenvalue weighted by Gasteiger charge is -2.36. The van der Waals surface area contributed by atoms with E-state index in [0.717, 1.165) is 39.3 Å². The summed E-state index contributed by atoms with van der Waals surface area (Å²) in [7, 11) is 0. The lowest BCUT2D eigenvalue weighted by molar-refractivity contribution is 0.103. The summed E-state index contributed by atoms with van der Waals surface area (Å²) in [5, 5.41) is 0. The number of anilines is 3. The van der Waals surface area contributed by atoms with Crippen molar-refractivity contribution in [1.29, 1.82) is 0 Å². The molecule has 1 unspecified atom stereocenters. The quantitative estimate of drug-likeness (QED) is 0.180. The van der Waals surface area contributed by atoms with Crippen molar-refractivity contribution in [1.82, 2.24) is 0 Å². The number of carbonyl (C=O) groups is 1. The van der Waals surface area contributed by atoms with Gasteiger partial charge in [0.2, 0.25) is 0 Å². The number of ketones is 1. The molecule has 0 amide bonds. The minimum Gasteiger partial charge on any atom is -0.310 e. The second kappa shape index (κ2) is 12.0. The summed E-state index contributed by atoms with van der Waals surface area (Å²) in [5.41, 5.74) is 18.8. The van der Waals surface area contributed by atoms with Gasteiger partial charge in [0.05, 0.1) is 5.41 Å². The molecule has 0 fully saturated rings. The maximum Gasteiger partial charge on any atom is 0.193 e. The molecule has 0 bridgehead atoms. The van der Waals surface area contributed by atoms with Gasteiger partial charge in [-0.15, -0.1) is 0 Å². The van der Waals surface area contributed by atoms with Crippen molar-refractivity contribution in [2.75, 3.05) is 4.90 Å². The fourth-order valence-electron chi connectivity index (χ4n) is 10.2. The molecule has 280 valence electrons. The average molecular weight is 740 g/mol. The van der Waals surface area contributed by atoms with Crippen molar-refractivity contribution in [3.05, 3.63) is 207 Å². The second-order valence-electron chi connectivity index (χ2n) is 18.9. The Morgan fingerprint density at radius 1 is 0.386 bits per heavy atom. The molecule has 1 spiro atoms. The Hall–Kier alpha value is -5.99. The number of carbonyl (C=O) groups excluding carboxylic acids is 1. The summed E-state index contributed by atoms with van der Waals surface area (Å²) in [6.45, 7) is 18.1. The van der Waals surface area contributed by atoms with E-state index < -0.39 is 5.41 Å². The highest BCUT2D eigenvalue weighted by Crippen LogP contribution is 2.64. The molecule has 3 aliphatic carbocycles. The number of nitrogens with zero attached hydrogens (tertiary/aromatic N) is 1. The fourth-order valence-corrected chi connectivity index (χ4v) is 10.2. The Kier molecular flexibility index (Phi) is 7.46. The van der Waals surface area contributed by atoms with Crippen LogP contribution in [0.1, 0.15) is 116 Å². The Morgan fingerprint density at radius 3 is 1.35 bits per heavy atom. The maximum atomic E-state index is 14.6. The number of rotatable bonds is 3. The molecule has 0 N–H and O–H groups in total. The zero-order chi connectivity index (χ0) is 39.6. The molecule has 2 heteroatoms. The van der Waals surface area contributed by atoms with Crippen molar-refractivity contribution in [3.8, 4) is 22.3 Å². The average Bonchev–Trinajstić information content (AvgIpc) is 3.66. The Balaban J connectivity index is 1.24. The molecular weight excluding hydrogens is 691 g/mol.